The van der Waals surface area contributed by atoms with E-state index in [0.717, 1.165) is 30.1 Å². The smallest absolute Gasteiger partial charge is 0.119 e. The van der Waals surface area contributed by atoms with Gasteiger partial charge in [-0.05, 0) is 54.6 Å². The lowest BCUT2D eigenvalue weighted by atomic mass is 9.53. The molecule has 3 rings (SSSR count). The van der Waals surface area contributed by atoms with Crippen molar-refractivity contribution < 1.29 is 4.74 Å². The summed E-state index contributed by atoms with van der Waals surface area (Å²) in [5, 5.41) is 0. The van der Waals surface area contributed by atoms with Gasteiger partial charge < -0.3 is 4.74 Å². The lowest BCUT2D eigenvalue weighted by molar-refractivity contribution is -0.0257. The number of hydrogen-bond acceptors (Lipinski definition) is 1. The third-order valence-corrected chi connectivity index (χ3v) is 6.39. The highest BCUT2D eigenvalue weighted by molar-refractivity contribution is 5.20. The van der Waals surface area contributed by atoms with Crippen molar-refractivity contribution in [2.24, 2.45) is 23.2 Å². The van der Waals surface area contributed by atoms with Crippen molar-refractivity contribution in [1.29, 1.82) is 0 Å². The van der Waals surface area contributed by atoms with Crippen molar-refractivity contribution in [2.75, 3.05) is 6.61 Å². The van der Waals surface area contributed by atoms with Crippen LogP contribution in [0.25, 0.3) is 0 Å². The monoisotopic (exact) mass is 286 g/mol. The summed E-state index contributed by atoms with van der Waals surface area (Å²) in [5.41, 5.74) is 0.612. The molecule has 0 radical (unpaired) electrons. The van der Waals surface area contributed by atoms with Gasteiger partial charge in [0, 0.05) is 0 Å². The Morgan fingerprint density at radius 2 is 1.71 bits per heavy atom. The molecule has 3 atom stereocenters. The number of ether oxygens (including phenoxy) is 1. The second-order valence-corrected chi connectivity index (χ2v) is 7.55. The maximum absolute atomic E-state index is 6.05. The highest BCUT2D eigenvalue weighted by Gasteiger charge is 2.46. The summed E-state index contributed by atoms with van der Waals surface area (Å²) in [5.74, 6) is 3.59. The van der Waals surface area contributed by atoms with Gasteiger partial charge in [0.15, 0.2) is 0 Å². The summed E-state index contributed by atoms with van der Waals surface area (Å²) >= 11 is 0. The van der Waals surface area contributed by atoms with E-state index >= 15 is 0 Å². The summed E-state index contributed by atoms with van der Waals surface area (Å²) in [7, 11) is 0. The molecule has 1 nitrogen and oxygen atoms in total. The Hall–Kier alpha value is -0.980. The Balaban J connectivity index is 1.62. The van der Waals surface area contributed by atoms with Crippen LogP contribution in [-0.2, 0) is 0 Å². The van der Waals surface area contributed by atoms with E-state index in [2.05, 4.69) is 38.1 Å². The molecule has 1 aromatic rings. The highest BCUT2D eigenvalue weighted by Crippen LogP contribution is 2.55. The van der Waals surface area contributed by atoms with Crippen LogP contribution in [0.2, 0.25) is 0 Å². The summed E-state index contributed by atoms with van der Waals surface area (Å²) in [6, 6.07) is 10.3. The first kappa shape index (κ1) is 14.9. The zero-order valence-corrected chi connectivity index (χ0v) is 13.7. The van der Waals surface area contributed by atoms with Gasteiger partial charge in [0.1, 0.15) is 5.75 Å². The molecule has 0 heterocycles. The molecular formula is C20H30O. The molecule has 3 unspecified atom stereocenters. The Morgan fingerprint density at radius 3 is 2.43 bits per heavy atom. The third-order valence-electron chi connectivity index (χ3n) is 6.39. The molecule has 0 N–H and O–H groups in total. The van der Waals surface area contributed by atoms with Crippen molar-refractivity contribution in [2.45, 2.75) is 58.8 Å². The lowest BCUT2D eigenvalue weighted by Crippen LogP contribution is -2.43. The van der Waals surface area contributed by atoms with Gasteiger partial charge in [-0.2, -0.15) is 0 Å². The average molecular weight is 286 g/mol. The van der Waals surface area contributed by atoms with Crippen molar-refractivity contribution in [3.8, 4) is 5.75 Å². The minimum atomic E-state index is 0.612. The predicted octanol–water partition coefficient (Wildman–Crippen LogP) is 5.70. The van der Waals surface area contributed by atoms with Crippen LogP contribution < -0.4 is 4.74 Å². The van der Waals surface area contributed by atoms with Crippen LogP contribution in [0.3, 0.4) is 0 Å². The van der Waals surface area contributed by atoms with Crippen LogP contribution >= 0.6 is 0 Å². The second kappa shape index (κ2) is 6.42. The van der Waals surface area contributed by atoms with Gasteiger partial charge in [-0.15, -0.1) is 0 Å². The first-order valence-corrected chi connectivity index (χ1v) is 8.88. The fourth-order valence-corrected chi connectivity index (χ4v) is 5.02. The molecule has 116 valence electrons. The van der Waals surface area contributed by atoms with E-state index in [1.54, 1.807) is 0 Å². The topological polar surface area (TPSA) is 9.23 Å². The van der Waals surface area contributed by atoms with Crippen LogP contribution in [-0.4, -0.2) is 6.61 Å². The average Bonchev–Trinajstić information content (AvgIpc) is 2.52. The number of para-hydroxylation sites is 1. The van der Waals surface area contributed by atoms with Crippen LogP contribution in [0.1, 0.15) is 58.8 Å². The van der Waals surface area contributed by atoms with E-state index < -0.39 is 0 Å². The molecule has 1 heteroatoms. The Morgan fingerprint density at radius 1 is 1.00 bits per heavy atom. The fraction of sp³-hybridized carbons (Fsp3) is 0.700. The Labute approximate surface area is 130 Å². The Bertz CT molecular complexity index is 428. The SMILES string of the molecule is CC1CCCC(C)C12CCCC(COc1ccccc1)C2. The van der Waals surface area contributed by atoms with Crippen molar-refractivity contribution in [3.63, 3.8) is 0 Å². The van der Waals surface area contributed by atoms with E-state index in [9.17, 15) is 0 Å². The molecule has 21 heavy (non-hydrogen) atoms. The molecule has 1 aromatic carbocycles. The fourth-order valence-electron chi connectivity index (χ4n) is 5.02. The summed E-state index contributed by atoms with van der Waals surface area (Å²) in [6.07, 6.45) is 9.92. The van der Waals surface area contributed by atoms with Gasteiger partial charge in [-0.25, -0.2) is 0 Å². The summed E-state index contributed by atoms with van der Waals surface area (Å²) < 4.78 is 6.05. The van der Waals surface area contributed by atoms with Crippen LogP contribution in [0.15, 0.2) is 30.3 Å². The summed E-state index contributed by atoms with van der Waals surface area (Å²) in [4.78, 5) is 0. The van der Waals surface area contributed by atoms with E-state index in [1.807, 2.05) is 6.07 Å². The van der Waals surface area contributed by atoms with Gasteiger partial charge in [-0.3, -0.25) is 0 Å². The van der Waals surface area contributed by atoms with Crippen molar-refractivity contribution in [1.82, 2.24) is 0 Å². The molecule has 0 aliphatic heterocycles. The molecule has 2 fully saturated rings. The number of benzene rings is 1. The molecule has 1 spiro atoms. The van der Waals surface area contributed by atoms with Crippen molar-refractivity contribution in [3.05, 3.63) is 30.3 Å². The summed E-state index contributed by atoms with van der Waals surface area (Å²) in [6.45, 7) is 5.93. The molecule has 0 bridgehead atoms. The first-order valence-electron chi connectivity index (χ1n) is 8.88. The normalized spacial score (nSPS) is 36.6. The minimum Gasteiger partial charge on any atom is -0.493 e. The van der Waals surface area contributed by atoms with Crippen LogP contribution in [0.4, 0.5) is 0 Å². The van der Waals surface area contributed by atoms with Gasteiger partial charge in [0.2, 0.25) is 0 Å². The van der Waals surface area contributed by atoms with E-state index in [1.165, 1.54) is 44.9 Å². The molecule has 2 aliphatic rings. The van der Waals surface area contributed by atoms with E-state index in [-0.39, 0.29) is 0 Å². The largest absolute Gasteiger partial charge is 0.493 e. The number of rotatable bonds is 3. The molecule has 0 saturated heterocycles. The lowest BCUT2D eigenvalue weighted by Gasteiger charge is -2.52. The second-order valence-electron chi connectivity index (χ2n) is 7.55. The molecule has 2 saturated carbocycles. The van der Waals surface area contributed by atoms with E-state index in [4.69, 9.17) is 4.74 Å². The Kier molecular flexibility index (Phi) is 4.57. The first-order chi connectivity index (χ1) is 10.2. The van der Waals surface area contributed by atoms with E-state index in [0.29, 0.717) is 5.41 Å². The zero-order chi connectivity index (χ0) is 14.7. The third kappa shape index (κ3) is 3.12. The maximum atomic E-state index is 6.05. The molecule has 0 aromatic heterocycles. The van der Waals surface area contributed by atoms with Gasteiger partial charge in [0.25, 0.3) is 0 Å². The quantitative estimate of drug-likeness (QED) is 0.692. The molecule has 2 aliphatic carbocycles. The van der Waals surface area contributed by atoms with Crippen LogP contribution in [0.5, 0.6) is 5.75 Å². The van der Waals surface area contributed by atoms with Crippen molar-refractivity contribution >= 4 is 0 Å². The maximum Gasteiger partial charge on any atom is 0.119 e. The number of hydrogen-bond donors (Lipinski definition) is 0. The predicted molar refractivity (Wildman–Crippen MR) is 88.5 cm³/mol. The molecular weight excluding hydrogens is 256 g/mol. The van der Waals surface area contributed by atoms with Gasteiger partial charge in [-0.1, -0.05) is 57.7 Å². The van der Waals surface area contributed by atoms with Gasteiger partial charge >= 0.3 is 0 Å². The molecule has 0 amide bonds. The highest BCUT2D eigenvalue weighted by atomic mass is 16.5. The minimum absolute atomic E-state index is 0.612. The van der Waals surface area contributed by atoms with Gasteiger partial charge in [0.05, 0.1) is 6.61 Å². The zero-order valence-electron chi connectivity index (χ0n) is 13.7. The standard InChI is InChI=1S/C20H30O/c1-16-8-6-9-17(2)20(16)13-7-10-18(14-20)15-21-19-11-4-3-5-12-19/h3-5,11-12,16-18H,6-10,13-15H2,1-2H3. The van der Waals surface area contributed by atoms with Crippen LogP contribution in [0, 0.1) is 23.2 Å².